The highest BCUT2D eigenvalue weighted by molar-refractivity contribution is 5.79. The molecule has 24 heavy (non-hydrogen) atoms. The topological polar surface area (TPSA) is 84.1 Å². The van der Waals surface area contributed by atoms with Crippen molar-refractivity contribution in [1.82, 2.24) is 15.3 Å². The molecule has 0 aliphatic rings. The number of aryl methyl sites for hydroxylation is 3. The summed E-state index contributed by atoms with van der Waals surface area (Å²) in [6.45, 7) is 7.32. The van der Waals surface area contributed by atoms with Crippen LogP contribution in [0.3, 0.4) is 0 Å². The van der Waals surface area contributed by atoms with Crippen LogP contribution >= 0.6 is 0 Å². The van der Waals surface area contributed by atoms with E-state index in [1.807, 2.05) is 32.0 Å². The summed E-state index contributed by atoms with van der Waals surface area (Å²) in [7, 11) is 1.60. The molecule has 6 heteroatoms. The Morgan fingerprint density at radius 3 is 2.67 bits per heavy atom. The van der Waals surface area contributed by atoms with Gasteiger partial charge in [-0.15, -0.1) is 0 Å². The fourth-order valence-electron chi connectivity index (χ4n) is 2.68. The maximum Gasteiger partial charge on any atom is 0.254 e. The number of carbonyl (C=O) groups excluding carboxylic acids is 1. The number of aromatic nitrogens is 2. The van der Waals surface area contributed by atoms with Gasteiger partial charge >= 0.3 is 0 Å². The second-order valence-electron chi connectivity index (χ2n) is 5.93. The summed E-state index contributed by atoms with van der Waals surface area (Å²) in [6.07, 6.45) is -0.00703. The van der Waals surface area contributed by atoms with Crippen molar-refractivity contribution >= 4 is 5.91 Å². The second kappa shape index (κ2) is 7.29. The average molecular weight is 329 g/mol. The largest absolute Gasteiger partial charge is 0.496 e. The Hall–Kier alpha value is -2.63. The number of benzene rings is 1. The zero-order valence-electron chi connectivity index (χ0n) is 14.7. The van der Waals surface area contributed by atoms with Crippen molar-refractivity contribution in [2.45, 2.75) is 40.2 Å². The number of amides is 1. The highest BCUT2D eigenvalue weighted by Crippen LogP contribution is 2.26. The van der Waals surface area contributed by atoms with Crippen LogP contribution in [0.5, 0.6) is 5.75 Å². The summed E-state index contributed by atoms with van der Waals surface area (Å²) in [5.74, 6) is 1.03. The fourth-order valence-corrected chi connectivity index (χ4v) is 2.68. The molecule has 128 valence electrons. The normalized spacial score (nSPS) is 11.9. The number of aromatic amines is 1. The van der Waals surface area contributed by atoms with Gasteiger partial charge in [-0.1, -0.05) is 17.7 Å². The number of nitrogens with zero attached hydrogens (tertiary/aromatic N) is 1. The summed E-state index contributed by atoms with van der Waals surface area (Å²) >= 11 is 0. The van der Waals surface area contributed by atoms with Crippen molar-refractivity contribution in [1.29, 1.82) is 0 Å². The first-order chi connectivity index (χ1) is 11.3. The SMILES string of the molecule is COc1ccc(C)cc1C(C)NC(=O)Cc1c(C)nc(C)[nH]c1=O. The number of methoxy groups -OCH3 is 1. The quantitative estimate of drug-likeness (QED) is 0.880. The van der Waals surface area contributed by atoms with E-state index in [1.54, 1.807) is 21.0 Å². The van der Waals surface area contributed by atoms with Crippen LogP contribution in [0.25, 0.3) is 0 Å². The lowest BCUT2D eigenvalue weighted by molar-refractivity contribution is -0.121. The van der Waals surface area contributed by atoms with Crippen LogP contribution in [-0.4, -0.2) is 23.0 Å². The Labute approximate surface area is 141 Å². The third kappa shape index (κ3) is 4.01. The van der Waals surface area contributed by atoms with E-state index in [-0.39, 0.29) is 23.9 Å². The molecule has 0 saturated carbocycles. The number of carbonyl (C=O) groups is 1. The van der Waals surface area contributed by atoms with Crippen LogP contribution in [-0.2, 0) is 11.2 Å². The number of nitrogens with one attached hydrogen (secondary N) is 2. The van der Waals surface area contributed by atoms with E-state index in [4.69, 9.17) is 4.74 Å². The van der Waals surface area contributed by atoms with Crippen LogP contribution in [0.15, 0.2) is 23.0 Å². The zero-order valence-corrected chi connectivity index (χ0v) is 14.7. The van der Waals surface area contributed by atoms with E-state index in [0.717, 1.165) is 16.9 Å². The van der Waals surface area contributed by atoms with Crippen LogP contribution < -0.4 is 15.6 Å². The first-order valence-electron chi connectivity index (χ1n) is 7.82. The van der Waals surface area contributed by atoms with Gasteiger partial charge in [-0.25, -0.2) is 4.98 Å². The lowest BCUT2D eigenvalue weighted by Gasteiger charge is -2.18. The molecule has 2 N–H and O–H groups in total. The molecule has 0 radical (unpaired) electrons. The minimum atomic E-state index is -0.268. The number of rotatable bonds is 5. The predicted octanol–water partition coefficient (Wildman–Crippen LogP) is 2.12. The van der Waals surface area contributed by atoms with Crippen molar-refractivity contribution in [3.8, 4) is 5.75 Å². The van der Waals surface area contributed by atoms with Gasteiger partial charge in [0, 0.05) is 16.8 Å². The molecule has 0 spiro atoms. The Bertz CT molecular complexity index is 812. The Morgan fingerprint density at radius 1 is 1.33 bits per heavy atom. The van der Waals surface area contributed by atoms with Crippen LogP contribution in [0.1, 0.15) is 41.2 Å². The Balaban J connectivity index is 2.16. The van der Waals surface area contributed by atoms with Crippen molar-refractivity contribution in [3.05, 3.63) is 56.8 Å². The second-order valence-corrected chi connectivity index (χ2v) is 5.93. The van der Waals surface area contributed by atoms with Crippen molar-refractivity contribution < 1.29 is 9.53 Å². The number of hydrogen-bond acceptors (Lipinski definition) is 4. The summed E-state index contributed by atoms with van der Waals surface area (Å²) in [5.41, 5.74) is 2.69. The summed E-state index contributed by atoms with van der Waals surface area (Å²) in [5, 5.41) is 2.92. The van der Waals surface area contributed by atoms with Gasteiger partial charge in [-0.2, -0.15) is 0 Å². The highest BCUT2D eigenvalue weighted by atomic mass is 16.5. The number of hydrogen-bond donors (Lipinski definition) is 2. The molecule has 0 saturated heterocycles. The molecular weight excluding hydrogens is 306 g/mol. The van der Waals surface area contributed by atoms with Gasteiger partial charge in [-0.3, -0.25) is 9.59 Å². The fraction of sp³-hybridized carbons (Fsp3) is 0.389. The summed E-state index contributed by atoms with van der Waals surface area (Å²) in [4.78, 5) is 31.2. The van der Waals surface area contributed by atoms with Crippen molar-refractivity contribution in [2.75, 3.05) is 7.11 Å². The van der Waals surface area contributed by atoms with Gasteiger partial charge in [0.05, 0.1) is 19.6 Å². The monoisotopic (exact) mass is 329 g/mol. The van der Waals surface area contributed by atoms with Gasteiger partial charge in [0.1, 0.15) is 11.6 Å². The Morgan fingerprint density at radius 2 is 2.04 bits per heavy atom. The first kappa shape index (κ1) is 17.7. The molecule has 1 atom stereocenters. The lowest BCUT2D eigenvalue weighted by atomic mass is 10.0. The molecule has 2 rings (SSSR count). The molecule has 2 aromatic rings. The molecular formula is C18H23N3O3. The van der Waals surface area contributed by atoms with Crippen molar-refractivity contribution in [3.63, 3.8) is 0 Å². The van der Waals surface area contributed by atoms with Gasteiger partial charge in [0.15, 0.2) is 0 Å². The first-order valence-corrected chi connectivity index (χ1v) is 7.82. The smallest absolute Gasteiger partial charge is 0.254 e. The zero-order chi connectivity index (χ0) is 17.9. The lowest BCUT2D eigenvalue weighted by Crippen LogP contribution is -2.31. The third-order valence-corrected chi connectivity index (χ3v) is 3.91. The summed E-state index contributed by atoms with van der Waals surface area (Å²) < 4.78 is 5.36. The van der Waals surface area contributed by atoms with Crippen molar-refractivity contribution in [2.24, 2.45) is 0 Å². The molecule has 1 unspecified atom stereocenters. The maximum absolute atomic E-state index is 12.3. The van der Waals surface area contributed by atoms with E-state index in [0.29, 0.717) is 17.1 Å². The van der Waals surface area contributed by atoms with Crippen LogP contribution in [0.2, 0.25) is 0 Å². The van der Waals surface area contributed by atoms with E-state index in [9.17, 15) is 9.59 Å². The minimum Gasteiger partial charge on any atom is -0.496 e. The van der Waals surface area contributed by atoms with Gasteiger partial charge < -0.3 is 15.0 Å². The number of H-pyrrole nitrogens is 1. The van der Waals surface area contributed by atoms with E-state index < -0.39 is 0 Å². The third-order valence-electron chi connectivity index (χ3n) is 3.91. The number of ether oxygens (including phenoxy) is 1. The standard InChI is InChI=1S/C18H23N3O3/c1-10-6-7-16(24-5)14(8-10)11(2)20-17(22)9-15-12(3)19-13(4)21-18(15)23/h6-8,11H,9H2,1-5H3,(H,20,22)(H,19,21,23). The summed E-state index contributed by atoms with van der Waals surface area (Å²) in [6, 6.07) is 5.59. The average Bonchev–Trinajstić information content (AvgIpc) is 2.50. The molecule has 0 fully saturated rings. The molecule has 1 amide bonds. The molecule has 0 aliphatic carbocycles. The predicted molar refractivity (Wildman–Crippen MR) is 92.3 cm³/mol. The van der Waals surface area contributed by atoms with Gasteiger partial charge in [-0.05, 0) is 33.8 Å². The van der Waals surface area contributed by atoms with E-state index in [1.165, 1.54) is 0 Å². The van der Waals surface area contributed by atoms with Crippen LogP contribution in [0.4, 0.5) is 0 Å². The molecule has 1 heterocycles. The molecule has 0 aliphatic heterocycles. The highest BCUT2D eigenvalue weighted by Gasteiger charge is 2.17. The maximum atomic E-state index is 12.3. The molecule has 1 aromatic heterocycles. The van der Waals surface area contributed by atoms with Gasteiger partial charge in [0.2, 0.25) is 5.91 Å². The molecule has 1 aromatic carbocycles. The van der Waals surface area contributed by atoms with Crippen LogP contribution in [0, 0.1) is 20.8 Å². The molecule has 0 bridgehead atoms. The van der Waals surface area contributed by atoms with Gasteiger partial charge in [0.25, 0.3) is 5.56 Å². The Kier molecular flexibility index (Phi) is 5.39. The van der Waals surface area contributed by atoms with E-state index >= 15 is 0 Å². The van der Waals surface area contributed by atoms with E-state index in [2.05, 4.69) is 15.3 Å². The minimum absolute atomic E-state index is 0.00703. The molecule has 6 nitrogen and oxygen atoms in total.